The van der Waals surface area contributed by atoms with Gasteiger partial charge in [-0.05, 0) is 6.54 Å². The summed E-state index contributed by atoms with van der Waals surface area (Å²) in [5.41, 5.74) is 5.48. The molecule has 0 aromatic heterocycles. The molecule has 3 N–H and O–H groups in total. The summed E-state index contributed by atoms with van der Waals surface area (Å²) in [7, 11) is -2.94. The molecule has 6 nitrogen and oxygen atoms in total. The smallest absolute Gasteiger partial charge is 0.151 e. The highest BCUT2D eigenvalue weighted by atomic mass is 32.2. The molecule has 0 aromatic rings. The predicted molar refractivity (Wildman–Crippen MR) is 69.0 cm³/mol. The number of oxime groups is 1. The second-order valence-corrected chi connectivity index (χ2v) is 6.53. The molecule has 0 aliphatic rings. The minimum atomic E-state index is -2.94. The molecule has 1 atom stereocenters. The number of hydrogen-bond donors (Lipinski definition) is 2. The molecule has 1 unspecified atom stereocenters. The molecule has 0 aliphatic carbocycles. The maximum absolute atomic E-state index is 11.4. The summed E-state index contributed by atoms with van der Waals surface area (Å²) < 4.78 is 22.8. The normalized spacial score (nSPS) is 15.2. The van der Waals surface area contributed by atoms with Crippen LogP contribution in [0.25, 0.3) is 0 Å². The van der Waals surface area contributed by atoms with Crippen molar-refractivity contribution >= 4 is 15.7 Å². The summed E-state index contributed by atoms with van der Waals surface area (Å²) in [6.45, 7) is 7.25. The van der Waals surface area contributed by atoms with Crippen LogP contribution in [0.4, 0.5) is 0 Å². The van der Waals surface area contributed by atoms with Gasteiger partial charge in [0.1, 0.15) is 5.84 Å². The number of rotatable bonds is 8. The SMILES string of the molecule is CCN(CCS(=O)(=O)CC)CC(C)C(N)=NO. The first kappa shape index (κ1) is 16.2. The highest BCUT2D eigenvalue weighted by Crippen LogP contribution is 2.01. The Balaban J connectivity index is 4.27. The van der Waals surface area contributed by atoms with Crippen LogP contribution >= 0.6 is 0 Å². The fraction of sp³-hybridized carbons (Fsp3) is 0.900. The van der Waals surface area contributed by atoms with Crippen LogP contribution in [0.5, 0.6) is 0 Å². The quantitative estimate of drug-likeness (QED) is 0.281. The summed E-state index contributed by atoms with van der Waals surface area (Å²) in [5.74, 6) is 0.395. The molecule has 7 heteroatoms. The Morgan fingerprint density at radius 2 is 2.06 bits per heavy atom. The zero-order valence-corrected chi connectivity index (χ0v) is 11.6. The van der Waals surface area contributed by atoms with E-state index in [1.807, 2.05) is 18.7 Å². The van der Waals surface area contributed by atoms with Crippen molar-refractivity contribution in [1.29, 1.82) is 0 Å². The van der Waals surface area contributed by atoms with Crippen LogP contribution in [0.15, 0.2) is 5.16 Å². The standard InChI is InChI=1S/C10H23N3O3S/c1-4-13(6-7-17(15,16)5-2)8-9(3)10(11)12-14/h9,14H,4-8H2,1-3H3,(H2,11,12). The van der Waals surface area contributed by atoms with Crippen molar-refractivity contribution in [2.75, 3.05) is 31.1 Å². The number of nitrogens with zero attached hydrogens (tertiary/aromatic N) is 2. The van der Waals surface area contributed by atoms with Gasteiger partial charge in [0.25, 0.3) is 0 Å². The molecule has 17 heavy (non-hydrogen) atoms. The number of hydrogen-bond acceptors (Lipinski definition) is 5. The highest BCUT2D eigenvalue weighted by Gasteiger charge is 2.15. The van der Waals surface area contributed by atoms with Crippen molar-refractivity contribution in [2.45, 2.75) is 20.8 Å². The van der Waals surface area contributed by atoms with Gasteiger partial charge in [0.15, 0.2) is 9.84 Å². The van der Waals surface area contributed by atoms with E-state index >= 15 is 0 Å². The van der Waals surface area contributed by atoms with Crippen LogP contribution in [0.1, 0.15) is 20.8 Å². The zero-order chi connectivity index (χ0) is 13.5. The van der Waals surface area contributed by atoms with E-state index < -0.39 is 9.84 Å². The predicted octanol–water partition coefficient (Wildman–Crippen LogP) is 0.126. The summed E-state index contributed by atoms with van der Waals surface area (Å²) in [4.78, 5) is 1.98. The summed E-state index contributed by atoms with van der Waals surface area (Å²) in [6, 6.07) is 0. The van der Waals surface area contributed by atoms with E-state index in [1.165, 1.54) is 0 Å². The molecule has 0 spiro atoms. The molecule has 0 saturated carbocycles. The van der Waals surface area contributed by atoms with Gasteiger partial charge >= 0.3 is 0 Å². The van der Waals surface area contributed by atoms with Crippen molar-refractivity contribution < 1.29 is 13.6 Å². The highest BCUT2D eigenvalue weighted by molar-refractivity contribution is 7.91. The first-order chi connectivity index (χ1) is 7.86. The third-order valence-electron chi connectivity index (χ3n) is 2.76. The average molecular weight is 265 g/mol. The molecule has 0 aliphatic heterocycles. The lowest BCUT2D eigenvalue weighted by Gasteiger charge is -2.23. The molecule has 0 heterocycles. The summed E-state index contributed by atoms with van der Waals surface area (Å²) in [6.07, 6.45) is 0. The molecule has 0 saturated heterocycles. The van der Waals surface area contributed by atoms with Crippen molar-refractivity contribution in [3.05, 3.63) is 0 Å². The second kappa shape index (κ2) is 7.50. The molecule has 0 rings (SSSR count). The lowest BCUT2D eigenvalue weighted by atomic mass is 10.1. The molecular weight excluding hydrogens is 242 g/mol. The Labute approximate surface area is 103 Å². The van der Waals surface area contributed by atoms with Crippen LogP contribution in [0, 0.1) is 5.92 Å². The molecule has 0 fully saturated rings. The van der Waals surface area contributed by atoms with Gasteiger partial charge in [0.05, 0.1) is 5.75 Å². The van der Waals surface area contributed by atoms with Gasteiger partial charge in [0.2, 0.25) is 0 Å². The molecule has 0 amide bonds. The third-order valence-corrected chi connectivity index (χ3v) is 4.44. The van der Waals surface area contributed by atoms with Crippen molar-refractivity contribution in [1.82, 2.24) is 4.90 Å². The Bertz CT molecular complexity index is 341. The Morgan fingerprint density at radius 3 is 2.47 bits per heavy atom. The van der Waals surface area contributed by atoms with Gasteiger partial charge in [-0.15, -0.1) is 0 Å². The lowest BCUT2D eigenvalue weighted by Crippen LogP contribution is -2.37. The summed E-state index contributed by atoms with van der Waals surface area (Å²) >= 11 is 0. The van der Waals surface area contributed by atoms with Gasteiger partial charge in [-0.25, -0.2) is 8.42 Å². The van der Waals surface area contributed by atoms with E-state index in [0.29, 0.717) is 13.1 Å². The van der Waals surface area contributed by atoms with Gasteiger partial charge in [-0.3, -0.25) is 0 Å². The van der Waals surface area contributed by atoms with Crippen LogP contribution in [0.3, 0.4) is 0 Å². The van der Waals surface area contributed by atoms with E-state index in [-0.39, 0.29) is 23.3 Å². The first-order valence-electron chi connectivity index (χ1n) is 5.76. The van der Waals surface area contributed by atoms with Gasteiger partial charge in [-0.1, -0.05) is 25.9 Å². The van der Waals surface area contributed by atoms with E-state index in [1.54, 1.807) is 6.92 Å². The number of sulfone groups is 1. The Hall–Kier alpha value is -0.820. The molecule has 0 bridgehead atoms. The van der Waals surface area contributed by atoms with Gasteiger partial charge < -0.3 is 15.8 Å². The maximum Gasteiger partial charge on any atom is 0.151 e. The minimum absolute atomic E-state index is 0.0933. The molecule has 102 valence electrons. The van der Waals surface area contributed by atoms with Crippen LogP contribution < -0.4 is 5.73 Å². The zero-order valence-electron chi connectivity index (χ0n) is 10.8. The first-order valence-corrected chi connectivity index (χ1v) is 7.58. The Morgan fingerprint density at radius 1 is 1.47 bits per heavy atom. The minimum Gasteiger partial charge on any atom is -0.409 e. The third kappa shape index (κ3) is 6.48. The second-order valence-electron chi connectivity index (χ2n) is 4.06. The molecular formula is C10H23N3O3S. The monoisotopic (exact) mass is 265 g/mol. The Kier molecular flexibility index (Phi) is 7.13. The molecule has 0 aromatic carbocycles. The number of nitrogens with two attached hydrogens (primary N) is 1. The fourth-order valence-corrected chi connectivity index (χ4v) is 2.20. The van der Waals surface area contributed by atoms with E-state index in [4.69, 9.17) is 10.9 Å². The maximum atomic E-state index is 11.4. The molecule has 0 radical (unpaired) electrons. The van der Waals surface area contributed by atoms with Crippen LogP contribution in [0.2, 0.25) is 0 Å². The van der Waals surface area contributed by atoms with Gasteiger partial charge in [-0.2, -0.15) is 0 Å². The van der Waals surface area contributed by atoms with Gasteiger partial charge in [0, 0.05) is 24.8 Å². The fourth-order valence-electron chi connectivity index (χ4n) is 1.37. The van der Waals surface area contributed by atoms with E-state index in [2.05, 4.69) is 5.16 Å². The van der Waals surface area contributed by atoms with Crippen molar-refractivity contribution in [3.8, 4) is 0 Å². The topological polar surface area (TPSA) is 96.0 Å². The largest absolute Gasteiger partial charge is 0.409 e. The van der Waals surface area contributed by atoms with E-state index in [9.17, 15) is 8.42 Å². The van der Waals surface area contributed by atoms with Crippen molar-refractivity contribution in [3.63, 3.8) is 0 Å². The van der Waals surface area contributed by atoms with Crippen LogP contribution in [-0.4, -0.2) is 55.5 Å². The lowest BCUT2D eigenvalue weighted by molar-refractivity contribution is 0.277. The number of amidine groups is 1. The summed E-state index contributed by atoms with van der Waals surface area (Å²) in [5, 5.41) is 11.5. The van der Waals surface area contributed by atoms with Crippen molar-refractivity contribution in [2.24, 2.45) is 16.8 Å². The van der Waals surface area contributed by atoms with Crippen LogP contribution in [-0.2, 0) is 9.84 Å². The average Bonchev–Trinajstić information content (AvgIpc) is 2.32. The van der Waals surface area contributed by atoms with E-state index in [0.717, 1.165) is 6.54 Å².